The summed E-state index contributed by atoms with van der Waals surface area (Å²) in [6.45, 7) is 7.39. The van der Waals surface area contributed by atoms with Gasteiger partial charge in [0.2, 0.25) is 11.6 Å². The van der Waals surface area contributed by atoms with Gasteiger partial charge in [-0.15, -0.1) is 10.2 Å². The van der Waals surface area contributed by atoms with Crippen molar-refractivity contribution >= 4 is 11.5 Å². The molecule has 1 heterocycles. The van der Waals surface area contributed by atoms with Gasteiger partial charge in [0.25, 0.3) is 5.56 Å². The first-order valence-corrected chi connectivity index (χ1v) is 9.61. The van der Waals surface area contributed by atoms with E-state index in [-0.39, 0.29) is 42.1 Å². The van der Waals surface area contributed by atoms with Crippen LogP contribution in [-0.2, 0) is 17.9 Å². The SMILES string of the molecule is CCn1c(O)c(N=NC2=C(C)C(C)C(c3ccccc3)C2=O)c(=O)n(CC)c1=O. The van der Waals surface area contributed by atoms with E-state index in [9.17, 15) is 19.5 Å². The molecule has 1 aromatic heterocycles. The van der Waals surface area contributed by atoms with Gasteiger partial charge in [0.05, 0.1) is 5.92 Å². The van der Waals surface area contributed by atoms with E-state index in [1.54, 1.807) is 13.8 Å². The highest BCUT2D eigenvalue weighted by molar-refractivity contribution is 6.03. The maximum atomic E-state index is 13.0. The molecule has 152 valence electrons. The normalized spacial score (nSPS) is 19.5. The quantitative estimate of drug-likeness (QED) is 0.784. The number of allylic oxidation sites excluding steroid dienone is 2. The Balaban J connectivity index is 2.06. The van der Waals surface area contributed by atoms with Crippen LogP contribution in [0.5, 0.6) is 5.88 Å². The molecular weight excluding hydrogens is 372 g/mol. The van der Waals surface area contributed by atoms with Crippen molar-refractivity contribution in [2.75, 3.05) is 0 Å². The number of aromatic nitrogens is 2. The van der Waals surface area contributed by atoms with Crippen molar-refractivity contribution in [1.82, 2.24) is 9.13 Å². The van der Waals surface area contributed by atoms with E-state index in [1.165, 1.54) is 0 Å². The molecule has 0 bridgehead atoms. The molecule has 0 fully saturated rings. The average Bonchev–Trinajstić information content (AvgIpc) is 2.92. The summed E-state index contributed by atoms with van der Waals surface area (Å²) >= 11 is 0. The molecule has 2 unspecified atom stereocenters. The number of aromatic hydroxyl groups is 1. The number of benzene rings is 1. The lowest BCUT2D eigenvalue weighted by atomic mass is 9.87. The maximum Gasteiger partial charge on any atom is 0.333 e. The molecule has 8 heteroatoms. The zero-order valence-electron chi connectivity index (χ0n) is 16.9. The van der Waals surface area contributed by atoms with Crippen molar-refractivity contribution in [2.24, 2.45) is 16.1 Å². The second-order valence-corrected chi connectivity index (χ2v) is 7.02. The summed E-state index contributed by atoms with van der Waals surface area (Å²) in [5, 5.41) is 18.3. The van der Waals surface area contributed by atoms with Crippen LogP contribution < -0.4 is 11.2 Å². The number of hydrogen-bond acceptors (Lipinski definition) is 6. The lowest BCUT2D eigenvalue weighted by Crippen LogP contribution is -2.38. The second kappa shape index (κ2) is 7.98. The fourth-order valence-electron chi connectivity index (χ4n) is 3.69. The maximum absolute atomic E-state index is 13.0. The number of carbonyl (C=O) groups is 1. The molecule has 1 aliphatic carbocycles. The minimum Gasteiger partial charge on any atom is -0.493 e. The monoisotopic (exact) mass is 396 g/mol. The van der Waals surface area contributed by atoms with Crippen molar-refractivity contribution in [3.05, 3.63) is 68.0 Å². The number of rotatable bonds is 5. The predicted octanol–water partition coefficient (Wildman–Crippen LogP) is 3.12. The lowest BCUT2D eigenvalue weighted by molar-refractivity contribution is -0.116. The van der Waals surface area contributed by atoms with Crippen LogP contribution in [0.4, 0.5) is 5.69 Å². The van der Waals surface area contributed by atoms with Crippen LogP contribution in [-0.4, -0.2) is 20.0 Å². The van der Waals surface area contributed by atoms with Crippen LogP contribution in [0.3, 0.4) is 0 Å². The molecule has 2 aromatic rings. The van der Waals surface area contributed by atoms with E-state index in [2.05, 4.69) is 10.2 Å². The summed E-state index contributed by atoms with van der Waals surface area (Å²) in [4.78, 5) is 37.8. The zero-order chi connectivity index (χ0) is 21.3. The summed E-state index contributed by atoms with van der Waals surface area (Å²) in [6.07, 6.45) is 0. The van der Waals surface area contributed by atoms with Crippen LogP contribution in [0.1, 0.15) is 39.2 Å². The van der Waals surface area contributed by atoms with Crippen molar-refractivity contribution in [3.63, 3.8) is 0 Å². The zero-order valence-corrected chi connectivity index (χ0v) is 16.9. The smallest absolute Gasteiger partial charge is 0.333 e. The van der Waals surface area contributed by atoms with Gasteiger partial charge in [0, 0.05) is 13.1 Å². The number of carbonyl (C=O) groups excluding carboxylic acids is 1. The average molecular weight is 396 g/mol. The van der Waals surface area contributed by atoms with Crippen LogP contribution in [0.25, 0.3) is 0 Å². The van der Waals surface area contributed by atoms with E-state index in [1.807, 2.05) is 44.2 Å². The first-order chi connectivity index (χ1) is 13.8. The molecule has 29 heavy (non-hydrogen) atoms. The van der Waals surface area contributed by atoms with Gasteiger partial charge in [0.15, 0.2) is 5.78 Å². The molecule has 0 saturated carbocycles. The van der Waals surface area contributed by atoms with Crippen LogP contribution in [0.15, 0.2) is 61.4 Å². The topological polar surface area (TPSA) is 106 Å². The van der Waals surface area contributed by atoms with Gasteiger partial charge in [0.1, 0.15) is 5.70 Å². The minimum absolute atomic E-state index is 0.0654. The van der Waals surface area contributed by atoms with E-state index in [0.29, 0.717) is 0 Å². The van der Waals surface area contributed by atoms with Gasteiger partial charge in [-0.05, 0) is 37.8 Å². The highest BCUT2D eigenvalue weighted by Gasteiger charge is 2.38. The van der Waals surface area contributed by atoms with Gasteiger partial charge in [-0.1, -0.05) is 37.3 Å². The molecule has 8 nitrogen and oxygen atoms in total. The lowest BCUT2D eigenvalue weighted by Gasteiger charge is -2.15. The second-order valence-electron chi connectivity index (χ2n) is 7.02. The molecule has 1 aliphatic rings. The Hall–Kier alpha value is -3.29. The van der Waals surface area contributed by atoms with Crippen molar-refractivity contribution in [2.45, 2.75) is 46.7 Å². The number of Topliss-reactive ketones (excluding diaryl/α,β-unsaturated/α-hetero) is 1. The van der Waals surface area contributed by atoms with Crippen molar-refractivity contribution < 1.29 is 9.90 Å². The fourth-order valence-corrected chi connectivity index (χ4v) is 3.69. The molecule has 0 aliphatic heterocycles. The van der Waals surface area contributed by atoms with E-state index < -0.39 is 17.1 Å². The Kier molecular flexibility index (Phi) is 5.63. The van der Waals surface area contributed by atoms with Crippen LogP contribution in [0, 0.1) is 5.92 Å². The molecule has 0 saturated heterocycles. The molecule has 3 rings (SSSR count). The standard InChI is InChI=1S/C21H24N4O4/c1-5-24-19(27)17(20(28)25(6-2)21(24)29)23-22-16-13(4)12(3)15(18(16)26)14-10-8-7-9-11-14/h7-12,15,27H,5-6H2,1-4H3. The summed E-state index contributed by atoms with van der Waals surface area (Å²) in [6, 6.07) is 9.44. The van der Waals surface area contributed by atoms with E-state index in [0.717, 1.165) is 20.3 Å². The number of hydrogen-bond donors (Lipinski definition) is 1. The molecule has 0 radical (unpaired) electrons. The molecule has 2 atom stereocenters. The Morgan fingerprint density at radius 3 is 2.21 bits per heavy atom. The highest BCUT2D eigenvalue weighted by Crippen LogP contribution is 2.41. The van der Waals surface area contributed by atoms with Gasteiger partial charge >= 0.3 is 5.69 Å². The third kappa shape index (κ3) is 3.35. The Morgan fingerprint density at radius 2 is 1.62 bits per heavy atom. The Labute approximate surface area is 167 Å². The predicted molar refractivity (Wildman–Crippen MR) is 109 cm³/mol. The van der Waals surface area contributed by atoms with E-state index >= 15 is 0 Å². The van der Waals surface area contributed by atoms with E-state index in [4.69, 9.17) is 0 Å². The fraction of sp³-hybridized carbons (Fsp3) is 0.381. The van der Waals surface area contributed by atoms with Crippen LogP contribution in [0.2, 0.25) is 0 Å². The molecule has 1 aromatic carbocycles. The Morgan fingerprint density at radius 1 is 1.00 bits per heavy atom. The van der Waals surface area contributed by atoms with Crippen LogP contribution >= 0.6 is 0 Å². The number of ketones is 1. The summed E-state index contributed by atoms with van der Waals surface area (Å²) in [5.74, 6) is -1.16. The van der Waals surface area contributed by atoms with Gasteiger partial charge in [-0.3, -0.25) is 18.7 Å². The minimum atomic E-state index is -0.736. The van der Waals surface area contributed by atoms with Gasteiger partial charge in [-0.2, -0.15) is 0 Å². The molecule has 1 N–H and O–H groups in total. The highest BCUT2D eigenvalue weighted by atomic mass is 16.3. The first kappa shape index (κ1) is 20.4. The summed E-state index contributed by atoms with van der Waals surface area (Å²) < 4.78 is 2.02. The first-order valence-electron chi connectivity index (χ1n) is 9.61. The largest absolute Gasteiger partial charge is 0.493 e. The number of azo groups is 1. The summed E-state index contributed by atoms with van der Waals surface area (Å²) in [5.41, 5.74) is 0.151. The molecule has 0 amide bonds. The third-order valence-electron chi connectivity index (χ3n) is 5.49. The van der Waals surface area contributed by atoms with Gasteiger partial charge in [-0.25, -0.2) is 4.79 Å². The van der Waals surface area contributed by atoms with Crippen molar-refractivity contribution in [3.8, 4) is 5.88 Å². The molecular formula is C21H24N4O4. The third-order valence-corrected chi connectivity index (χ3v) is 5.49. The van der Waals surface area contributed by atoms with Crippen molar-refractivity contribution in [1.29, 1.82) is 0 Å². The number of nitrogens with zero attached hydrogens (tertiary/aromatic N) is 4. The Bertz CT molecular complexity index is 1130. The summed E-state index contributed by atoms with van der Waals surface area (Å²) in [7, 11) is 0. The van der Waals surface area contributed by atoms with Gasteiger partial charge < -0.3 is 5.11 Å². The molecule has 0 spiro atoms.